The monoisotopic (exact) mass is 396 g/mol. The van der Waals surface area contributed by atoms with Crippen LogP contribution in [0.4, 0.5) is 5.69 Å². The molecule has 0 fully saturated rings. The second kappa shape index (κ2) is 5.77. The van der Waals surface area contributed by atoms with Crippen molar-refractivity contribution in [1.29, 1.82) is 0 Å². The number of anilines is 1. The van der Waals surface area contributed by atoms with Gasteiger partial charge in [0.2, 0.25) is 0 Å². The first kappa shape index (κ1) is 15.4. The first-order valence-corrected chi connectivity index (χ1v) is 8.19. The van der Waals surface area contributed by atoms with Gasteiger partial charge in [0.1, 0.15) is 9.92 Å². The Labute approximate surface area is 133 Å². The van der Waals surface area contributed by atoms with Crippen LogP contribution in [0, 0.1) is 0 Å². The topological polar surface area (TPSA) is 79.0 Å². The molecule has 106 valence electrons. The van der Waals surface area contributed by atoms with Gasteiger partial charge in [-0.1, -0.05) is 23.2 Å². The van der Waals surface area contributed by atoms with Crippen LogP contribution < -0.4 is 10.3 Å². The number of aromatic amines is 1. The van der Waals surface area contributed by atoms with Crippen LogP contribution in [0.25, 0.3) is 0 Å². The van der Waals surface area contributed by atoms with Crippen molar-refractivity contribution < 1.29 is 8.42 Å². The Bertz CT molecular complexity index is 821. The number of benzene rings is 1. The Morgan fingerprint density at radius 1 is 1.15 bits per heavy atom. The van der Waals surface area contributed by atoms with Crippen LogP contribution in [0.15, 0.2) is 44.6 Å². The summed E-state index contributed by atoms with van der Waals surface area (Å²) in [5, 5.41) is 0.255. The second-order valence-electron chi connectivity index (χ2n) is 3.75. The third kappa shape index (κ3) is 3.35. The van der Waals surface area contributed by atoms with Crippen molar-refractivity contribution in [2.45, 2.75) is 4.90 Å². The van der Waals surface area contributed by atoms with E-state index >= 15 is 0 Å². The SMILES string of the molecule is O=c1[nH]cc(S(=O)(=O)Nc2ccc(Cl)c(Br)c2)cc1Cl. The maximum atomic E-state index is 12.1. The van der Waals surface area contributed by atoms with Crippen molar-refractivity contribution in [2.75, 3.05) is 4.72 Å². The average molecular weight is 398 g/mol. The summed E-state index contributed by atoms with van der Waals surface area (Å²) in [6, 6.07) is 5.65. The molecule has 1 aromatic carbocycles. The molecule has 0 aliphatic carbocycles. The van der Waals surface area contributed by atoms with Gasteiger partial charge >= 0.3 is 0 Å². The number of H-pyrrole nitrogens is 1. The van der Waals surface area contributed by atoms with Crippen LogP contribution in [0.1, 0.15) is 0 Å². The molecule has 0 aliphatic heterocycles. The number of sulfonamides is 1. The summed E-state index contributed by atoms with van der Waals surface area (Å²) in [6.07, 6.45) is 1.07. The van der Waals surface area contributed by atoms with Gasteiger partial charge in [-0.2, -0.15) is 0 Å². The molecule has 0 amide bonds. The third-order valence-electron chi connectivity index (χ3n) is 2.31. The zero-order chi connectivity index (χ0) is 14.9. The van der Waals surface area contributed by atoms with E-state index in [1.807, 2.05) is 0 Å². The molecule has 2 N–H and O–H groups in total. The van der Waals surface area contributed by atoms with Crippen molar-refractivity contribution in [3.05, 3.63) is 55.3 Å². The van der Waals surface area contributed by atoms with Crippen LogP contribution in [0.2, 0.25) is 10.0 Å². The predicted octanol–water partition coefficient (Wildman–Crippen LogP) is 3.25. The van der Waals surface area contributed by atoms with Crippen LogP contribution in [-0.4, -0.2) is 13.4 Å². The lowest BCUT2D eigenvalue weighted by Crippen LogP contribution is -2.16. The molecule has 0 radical (unpaired) electrons. The van der Waals surface area contributed by atoms with E-state index in [-0.39, 0.29) is 9.92 Å². The highest BCUT2D eigenvalue weighted by Gasteiger charge is 2.16. The quantitative estimate of drug-likeness (QED) is 0.834. The van der Waals surface area contributed by atoms with Gasteiger partial charge in [-0.05, 0) is 40.2 Å². The molecular formula is C11H7BrCl2N2O3S. The fourth-order valence-corrected chi connectivity index (χ4v) is 3.14. The maximum Gasteiger partial charge on any atom is 0.266 e. The van der Waals surface area contributed by atoms with E-state index in [1.165, 1.54) is 12.1 Å². The number of aromatic nitrogens is 1. The summed E-state index contributed by atoms with van der Waals surface area (Å²) in [4.78, 5) is 13.2. The summed E-state index contributed by atoms with van der Waals surface area (Å²) >= 11 is 14.6. The first-order chi connectivity index (χ1) is 9.29. The lowest BCUT2D eigenvalue weighted by atomic mass is 10.3. The zero-order valence-corrected chi connectivity index (χ0v) is 13.6. The van der Waals surface area contributed by atoms with E-state index in [0.29, 0.717) is 15.2 Å². The highest BCUT2D eigenvalue weighted by molar-refractivity contribution is 9.10. The highest BCUT2D eigenvalue weighted by Crippen LogP contribution is 2.26. The van der Waals surface area contributed by atoms with E-state index in [4.69, 9.17) is 23.2 Å². The zero-order valence-electron chi connectivity index (χ0n) is 9.65. The molecule has 1 aromatic heterocycles. The Balaban J connectivity index is 2.37. The fourth-order valence-electron chi connectivity index (χ4n) is 1.37. The van der Waals surface area contributed by atoms with E-state index in [0.717, 1.165) is 12.3 Å². The summed E-state index contributed by atoms with van der Waals surface area (Å²) in [7, 11) is -3.85. The Morgan fingerprint density at radius 3 is 2.45 bits per heavy atom. The standard InChI is InChI=1S/C11H7BrCl2N2O3S/c12-8-3-6(1-2-9(8)13)16-20(18,19)7-4-10(14)11(17)15-5-7/h1-5,16H,(H,15,17). The van der Waals surface area contributed by atoms with Gasteiger partial charge in [0, 0.05) is 10.7 Å². The third-order valence-corrected chi connectivity index (χ3v) is 5.17. The minimum Gasteiger partial charge on any atom is -0.326 e. The van der Waals surface area contributed by atoms with Crippen molar-refractivity contribution in [3.63, 3.8) is 0 Å². The summed E-state index contributed by atoms with van der Waals surface area (Å²) in [5.74, 6) is 0. The molecule has 2 rings (SSSR count). The molecule has 0 saturated heterocycles. The van der Waals surface area contributed by atoms with E-state index in [1.54, 1.807) is 6.07 Å². The predicted molar refractivity (Wildman–Crippen MR) is 82.0 cm³/mol. The lowest BCUT2D eigenvalue weighted by Gasteiger charge is -2.09. The van der Waals surface area contributed by atoms with E-state index < -0.39 is 15.6 Å². The number of pyridine rings is 1. The number of hydrogen-bond donors (Lipinski definition) is 2. The first-order valence-electron chi connectivity index (χ1n) is 5.16. The highest BCUT2D eigenvalue weighted by atomic mass is 79.9. The summed E-state index contributed by atoms with van der Waals surface area (Å²) in [5.41, 5.74) is -0.233. The lowest BCUT2D eigenvalue weighted by molar-refractivity contribution is 0.600. The van der Waals surface area contributed by atoms with Gasteiger partial charge in [-0.25, -0.2) is 8.42 Å². The average Bonchev–Trinajstić information content (AvgIpc) is 2.37. The maximum absolute atomic E-state index is 12.1. The Morgan fingerprint density at radius 2 is 1.85 bits per heavy atom. The van der Waals surface area contributed by atoms with Crippen LogP contribution in [-0.2, 0) is 10.0 Å². The molecule has 20 heavy (non-hydrogen) atoms. The van der Waals surface area contributed by atoms with Crippen molar-refractivity contribution in [3.8, 4) is 0 Å². The molecule has 0 spiro atoms. The van der Waals surface area contributed by atoms with Crippen LogP contribution in [0.3, 0.4) is 0 Å². The Kier molecular flexibility index (Phi) is 4.43. The molecule has 9 heteroatoms. The minimum atomic E-state index is -3.85. The van der Waals surface area contributed by atoms with Gasteiger partial charge in [-0.15, -0.1) is 0 Å². The number of rotatable bonds is 3. The molecule has 1 heterocycles. The molecule has 0 atom stereocenters. The van der Waals surface area contributed by atoms with Crippen molar-refractivity contribution in [2.24, 2.45) is 0 Å². The van der Waals surface area contributed by atoms with Gasteiger partial charge in [-0.3, -0.25) is 9.52 Å². The number of hydrogen-bond acceptors (Lipinski definition) is 3. The molecule has 0 aliphatic rings. The molecule has 5 nitrogen and oxygen atoms in total. The van der Waals surface area contributed by atoms with Gasteiger partial charge < -0.3 is 4.98 Å². The van der Waals surface area contributed by atoms with Gasteiger partial charge in [0.15, 0.2) is 0 Å². The van der Waals surface area contributed by atoms with Crippen molar-refractivity contribution in [1.82, 2.24) is 4.98 Å². The van der Waals surface area contributed by atoms with E-state index in [9.17, 15) is 13.2 Å². The second-order valence-corrected chi connectivity index (χ2v) is 7.10. The summed E-state index contributed by atoms with van der Waals surface area (Å²) in [6.45, 7) is 0. The van der Waals surface area contributed by atoms with Crippen LogP contribution in [0.5, 0.6) is 0 Å². The largest absolute Gasteiger partial charge is 0.326 e. The smallest absolute Gasteiger partial charge is 0.266 e. The molecule has 0 saturated carbocycles. The minimum absolute atomic E-state index is 0.145. The fraction of sp³-hybridized carbons (Fsp3) is 0. The normalized spacial score (nSPS) is 11.3. The Hall–Kier alpha value is -1.02. The van der Waals surface area contributed by atoms with E-state index in [2.05, 4.69) is 25.6 Å². The van der Waals surface area contributed by atoms with Crippen molar-refractivity contribution >= 4 is 54.8 Å². The number of nitrogens with one attached hydrogen (secondary N) is 2. The van der Waals surface area contributed by atoms with Crippen LogP contribution >= 0.6 is 39.1 Å². The number of halogens is 3. The van der Waals surface area contributed by atoms with Gasteiger partial charge in [0.25, 0.3) is 15.6 Å². The molecule has 2 aromatic rings. The molecular weight excluding hydrogens is 391 g/mol. The summed E-state index contributed by atoms with van der Waals surface area (Å²) < 4.78 is 27.1. The molecule has 0 unspecified atom stereocenters. The van der Waals surface area contributed by atoms with Gasteiger partial charge in [0.05, 0.1) is 10.7 Å². The molecule has 0 bridgehead atoms.